The normalized spacial score (nSPS) is 12.6. The summed E-state index contributed by atoms with van der Waals surface area (Å²) in [5.41, 5.74) is 0.918. The van der Waals surface area contributed by atoms with Crippen molar-refractivity contribution in [2.45, 2.75) is 12.8 Å². The summed E-state index contributed by atoms with van der Waals surface area (Å²) in [6.07, 6.45) is 1.38. The van der Waals surface area contributed by atoms with E-state index in [-0.39, 0.29) is 11.5 Å². The van der Waals surface area contributed by atoms with E-state index >= 15 is 0 Å². The van der Waals surface area contributed by atoms with Crippen molar-refractivity contribution in [3.05, 3.63) is 24.0 Å². The second kappa shape index (κ2) is 4.01. The van der Waals surface area contributed by atoms with E-state index in [0.29, 0.717) is 16.5 Å². The lowest BCUT2D eigenvalue weighted by atomic mass is 10.0. The highest BCUT2D eigenvalue weighted by Crippen LogP contribution is 2.38. The molecule has 0 aliphatic rings. The average Bonchev–Trinajstić information content (AvgIpc) is 2.71. The van der Waals surface area contributed by atoms with Crippen molar-refractivity contribution < 1.29 is 24.2 Å². The molecule has 0 saturated carbocycles. The van der Waals surface area contributed by atoms with Gasteiger partial charge in [0.2, 0.25) is 5.75 Å². The first-order chi connectivity index (χ1) is 8.06. The van der Waals surface area contributed by atoms with Gasteiger partial charge in [0, 0.05) is 10.9 Å². The number of ether oxygens (including phenoxy) is 1. The molecule has 17 heavy (non-hydrogen) atoms. The summed E-state index contributed by atoms with van der Waals surface area (Å²) in [6.45, 7) is 1.58. The van der Waals surface area contributed by atoms with E-state index in [9.17, 15) is 9.90 Å². The minimum Gasteiger partial charge on any atom is -0.504 e. The number of aliphatic carboxylic acids is 1. The van der Waals surface area contributed by atoms with E-state index in [0.717, 1.165) is 0 Å². The van der Waals surface area contributed by atoms with Crippen molar-refractivity contribution in [2.75, 3.05) is 7.11 Å². The molecule has 1 heterocycles. The Bertz CT molecular complexity index is 570. The average molecular weight is 236 g/mol. The molecular weight excluding hydrogens is 224 g/mol. The number of benzene rings is 1. The Hall–Kier alpha value is -2.17. The van der Waals surface area contributed by atoms with Crippen molar-refractivity contribution in [3.8, 4) is 11.5 Å². The largest absolute Gasteiger partial charge is 0.504 e. The van der Waals surface area contributed by atoms with Gasteiger partial charge in [-0.2, -0.15) is 0 Å². The molecule has 2 N–H and O–H groups in total. The van der Waals surface area contributed by atoms with Crippen LogP contribution in [0.15, 0.2) is 22.8 Å². The van der Waals surface area contributed by atoms with Crippen LogP contribution in [0.3, 0.4) is 0 Å². The van der Waals surface area contributed by atoms with Gasteiger partial charge in [-0.05, 0) is 19.1 Å². The fraction of sp³-hybridized carbons (Fsp3) is 0.250. The van der Waals surface area contributed by atoms with Crippen LogP contribution in [-0.2, 0) is 4.79 Å². The maximum Gasteiger partial charge on any atom is 0.310 e. The Kier molecular flexibility index (Phi) is 2.67. The van der Waals surface area contributed by atoms with Gasteiger partial charge in [-0.3, -0.25) is 4.79 Å². The van der Waals surface area contributed by atoms with Crippen LogP contribution in [0.5, 0.6) is 11.5 Å². The number of carboxylic acid groups (broad SMARTS) is 1. The molecule has 2 rings (SSSR count). The predicted molar refractivity (Wildman–Crippen MR) is 60.5 cm³/mol. The van der Waals surface area contributed by atoms with Gasteiger partial charge in [0.05, 0.1) is 19.3 Å². The van der Waals surface area contributed by atoms with E-state index in [1.165, 1.54) is 19.4 Å². The number of hydrogen-bond donors (Lipinski definition) is 2. The Labute approximate surface area is 97.2 Å². The van der Waals surface area contributed by atoms with Crippen LogP contribution in [0.2, 0.25) is 0 Å². The molecule has 1 atom stereocenters. The first-order valence-electron chi connectivity index (χ1n) is 5.06. The molecule has 0 bridgehead atoms. The first kappa shape index (κ1) is 11.3. The molecule has 1 aromatic heterocycles. The first-order valence-corrected chi connectivity index (χ1v) is 5.06. The number of phenols is 1. The van der Waals surface area contributed by atoms with Crippen molar-refractivity contribution in [1.82, 2.24) is 0 Å². The Morgan fingerprint density at radius 1 is 1.47 bits per heavy atom. The third-order valence-electron chi connectivity index (χ3n) is 2.75. The minimum atomic E-state index is -0.931. The number of rotatable bonds is 3. The van der Waals surface area contributed by atoms with E-state index in [1.807, 2.05) is 0 Å². The van der Waals surface area contributed by atoms with Gasteiger partial charge >= 0.3 is 5.97 Å². The molecule has 5 heteroatoms. The summed E-state index contributed by atoms with van der Waals surface area (Å²) >= 11 is 0. The second-order valence-electron chi connectivity index (χ2n) is 3.75. The molecule has 0 amide bonds. The smallest absolute Gasteiger partial charge is 0.310 e. The molecule has 0 fully saturated rings. The molecule has 1 aromatic carbocycles. The second-order valence-corrected chi connectivity index (χ2v) is 3.75. The Morgan fingerprint density at radius 2 is 2.18 bits per heavy atom. The van der Waals surface area contributed by atoms with E-state index in [1.54, 1.807) is 13.0 Å². The summed E-state index contributed by atoms with van der Waals surface area (Å²) < 4.78 is 10.3. The quantitative estimate of drug-likeness (QED) is 0.854. The number of fused-ring (bicyclic) bond motifs is 1. The monoisotopic (exact) mass is 236 g/mol. The maximum absolute atomic E-state index is 10.9. The summed E-state index contributed by atoms with van der Waals surface area (Å²) in [5, 5.41) is 19.2. The third-order valence-corrected chi connectivity index (χ3v) is 2.75. The lowest BCUT2D eigenvalue weighted by molar-refractivity contribution is -0.138. The van der Waals surface area contributed by atoms with Crippen molar-refractivity contribution in [2.24, 2.45) is 0 Å². The number of carbonyl (C=O) groups is 1. The van der Waals surface area contributed by atoms with Crippen LogP contribution in [0.25, 0.3) is 11.0 Å². The zero-order valence-electron chi connectivity index (χ0n) is 9.43. The lowest BCUT2D eigenvalue weighted by Gasteiger charge is -2.05. The third kappa shape index (κ3) is 1.69. The molecule has 5 nitrogen and oxygen atoms in total. The van der Waals surface area contributed by atoms with Crippen molar-refractivity contribution in [3.63, 3.8) is 0 Å². The van der Waals surface area contributed by atoms with Gasteiger partial charge < -0.3 is 19.4 Å². The van der Waals surface area contributed by atoms with E-state index in [2.05, 4.69) is 0 Å². The standard InChI is InChI=1S/C12H12O5/c1-6(12(14)15)8-5-17-10-7(8)3-4-9(13)11(10)16-2/h3-6,13H,1-2H3,(H,14,15). The number of methoxy groups -OCH3 is 1. The van der Waals surface area contributed by atoms with Crippen LogP contribution >= 0.6 is 0 Å². The van der Waals surface area contributed by atoms with Crippen molar-refractivity contribution >= 4 is 16.9 Å². The van der Waals surface area contributed by atoms with Crippen molar-refractivity contribution in [1.29, 1.82) is 0 Å². The molecule has 0 spiro atoms. The van der Waals surface area contributed by atoms with Gasteiger partial charge in [0.25, 0.3) is 0 Å². The van der Waals surface area contributed by atoms with Crippen LogP contribution in [0, 0.1) is 0 Å². The summed E-state index contributed by atoms with van der Waals surface area (Å²) in [6, 6.07) is 3.07. The molecule has 2 aromatic rings. The van der Waals surface area contributed by atoms with Crippen LogP contribution in [0.4, 0.5) is 0 Å². The molecule has 0 saturated heterocycles. The number of hydrogen-bond acceptors (Lipinski definition) is 4. The fourth-order valence-electron chi connectivity index (χ4n) is 1.75. The lowest BCUT2D eigenvalue weighted by Crippen LogP contribution is -2.06. The van der Waals surface area contributed by atoms with E-state index in [4.69, 9.17) is 14.3 Å². The number of furan rings is 1. The highest BCUT2D eigenvalue weighted by atomic mass is 16.5. The van der Waals surface area contributed by atoms with Crippen LogP contribution in [-0.4, -0.2) is 23.3 Å². The fourth-order valence-corrected chi connectivity index (χ4v) is 1.75. The SMILES string of the molecule is COc1c(O)ccc2c(C(C)C(=O)O)coc12. The topological polar surface area (TPSA) is 79.9 Å². The predicted octanol–water partition coefficient (Wildman–Crippen LogP) is 2.34. The number of carboxylic acids is 1. The zero-order valence-corrected chi connectivity index (χ0v) is 9.43. The molecule has 1 unspecified atom stereocenters. The summed E-state index contributed by atoms with van der Waals surface area (Å²) in [5.74, 6) is -1.43. The molecule has 0 radical (unpaired) electrons. The molecule has 90 valence electrons. The van der Waals surface area contributed by atoms with Gasteiger partial charge in [0.15, 0.2) is 11.3 Å². The molecule has 0 aliphatic carbocycles. The molecular formula is C12H12O5. The Balaban J connectivity index is 2.67. The van der Waals surface area contributed by atoms with Gasteiger partial charge in [-0.1, -0.05) is 0 Å². The van der Waals surface area contributed by atoms with E-state index < -0.39 is 11.9 Å². The number of phenolic OH excluding ortho intramolecular Hbond substituents is 1. The minimum absolute atomic E-state index is 0.0381. The zero-order chi connectivity index (χ0) is 12.6. The maximum atomic E-state index is 10.9. The van der Waals surface area contributed by atoms with Gasteiger partial charge in [-0.25, -0.2) is 0 Å². The van der Waals surface area contributed by atoms with Gasteiger partial charge in [0.1, 0.15) is 0 Å². The highest BCUT2D eigenvalue weighted by Gasteiger charge is 2.21. The highest BCUT2D eigenvalue weighted by molar-refractivity contribution is 5.92. The summed E-state index contributed by atoms with van der Waals surface area (Å²) in [7, 11) is 1.41. The van der Waals surface area contributed by atoms with Gasteiger partial charge in [-0.15, -0.1) is 0 Å². The number of aromatic hydroxyl groups is 1. The summed E-state index contributed by atoms with van der Waals surface area (Å²) in [4.78, 5) is 10.9. The Morgan fingerprint density at radius 3 is 2.76 bits per heavy atom. The van der Waals surface area contributed by atoms with Crippen LogP contribution in [0.1, 0.15) is 18.4 Å². The molecule has 0 aliphatic heterocycles. The van der Waals surface area contributed by atoms with Crippen LogP contribution < -0.4 is 4.74 Å².